The van der Waals surface area contributed by atoms with Gasteiger partial charge in [0.25, 0.3) is 0 Å². The van der Waals surface area contributed by atoms with Crippen molar-refractivity contribution in [3.05, 3.63) is 47.9 Å². The second-order valence-electron chi connectivity index (χ2n) is 7.53. The molecule has 4 atom stereocenters. The summed E-state index contributed by atoms with van der Waals surface area (Å²) < 4.78 is 0. The van der Waals surface area contributed by atoms with E-state index in [0.29, 0.717) is 5.13 Å². The van der Waals surface area contributed by atoms with E-state index in [1.54, 1.807) is 0 Å². The van der Waals surface area contributed by atoms with Crippen LogP contribution in [0.2, 0.25) is 0 Å². The van der Waals surface area contributed by atoms with Crippen LogP contribution in [0.3, 0.4) is 0 Å². The number of allylic oxidation sites excluding steroid dienone is 2. The quantitative estimate of drug-likeness (QED) is 0.626. The number of benzene rings is 1. The maximum atomic E-state index is 12.6. The van der Waals surface area contributed by atoms with Crippen LogP contribution in [0.25, 0.3) is 11.3 Å². The molecule has 1 N–H and O–H groups in total. The Morgan fingerprint density at radius 3 is 2.46 bits per heavy atom. The molecule has 0 unspecified atom stereocenters. The molecule has 6 nitrogen and oxygen atoms in total. The lowest BCUT2D eigenvalue weighted by Crippen LogP contribution is -2.35. The second kappa shape index (κ2) is 6.67. The monoisotopic (exact) mass is 393 g/mol. The Hall–Kier alpha value is -2.80. The van der Waals surface area contributed by atoms with Gasteiger partial charge in [0.05, 0.1) is 17.5 Å². The van der Waals surface area contributed by atoms with Crippen molar-refractivity contribution in [2.75, 3.05) is 11.9 Å². The third-order valence-electron chi connectivity index (χ3n) is 5.94. The van der Waals surface area contributed by atoms with Crippen molar-refractivity contribution < 1.29 is 14.4 Å². The molecule has 2 fully saturated rings. The number of amides is 3. The topological polar surface area (TPSA) is 79.4 Å². The molecule has 1 aromatic carbocycles. The molecule has 2 bridgehead atoms. The highest BCUT2D eigenvalue weighted by molar-refractivity contribution is 7.14. The summed E-state index contributed by atoms with van der Waals surface area (Å²) in [6.45, 7) is 0.132. The molecule has 0 radical (unpaired) electrons. The molecule has 1 saturated carbocycles. The third-order valence-corrected chi connectivity index (χ3v) is 6.70. The van der Waals surface area contributed by atoms with Gasteiger partial charge in [0.15, 0.2) is 5.13 Å². The van der Waals surface area contributed by atoms with Crippen molar-refractivity contribution in [1.82, 2.24) is 9.88 Å². The Balaban J connectivity index is 1.19. The Morgan fingerprint density at radius 1 is 1.11 bits per heavy atom. The first-order valence-corrected chi connectivity index (χ1v) is 10.3. The standard InChI is InChI=1S/C21H19N3O3S/c25-16(23-21-22-15(11-28-21)12-4-2-1-3-5-12)8-9-24-19(26)17-13-6-7-14(10-13)18(17)20(24)27/h1-7,11,13-14,17-18H,8-10H2,(H,22,23,25)/t13-,14-,17-,18-/m0/s1. The van der Waals surface area contributed by atoms with Gasteiger partial charge in [0.2, 0.25) is 17.7 Å². The molecule has 2 aromatic rings. The molecular weight excluding hydrogens is 374 g/mol. The molecule has 1 saturated heterocycles. The first-order chi connectivity index (χ1) is 13.6. The maximum absolute atomic E-state index is 12.6. The van der Waals surface area contributed by atoms with Gasteiger partial charge < -0.3 is 5.32 Å². The van der Waals surface area contributed by atoms with E-state index in [4.69, 9.17) is 0 Å². The van der Waals surface area contributed by atoms with Crippen LogP contribution in [0.1, 0.15) is 12.8 Å². The minimum atomic E-state index is -0.243. The molecule has 7 heteroatoms. The van der Waals surface area contributed by atoms with E-state index >= 15 is 0 Å². The predicted molar refractivity (Wildman–Crippen MR) is 105 cm³/mol. The molecule has 5 rings (SSSR count). The molecule has 0 spiro atoms. The number of nitrogens with zero attached hydrogens (tertiary/aromatic N) is 2. The highest BCUT2D eigenvalue weighted by Gasteiger charge is 2.59. The number of hydrogen-bond acceptors (Lipinski definition) is 5. The zero-order valence-electron chi connectivity index (χ0n) is 15.1. The Kier molecular flexibility index (Phi) is 4.12. The Morgan fingerprint density at radius 2 is 1.79 bits per heavy atom. The fraction of sp³-hybridized carbons (Fsp3) is 0.333. The summed E-state index contributed by atoms with van der Waals surface area (Å²) in [6.07, 6.45) is 5.13. The summed E-state index contributed by atoms with van der Waals surface area (Å²) in [7, 11) is 0. The van der Waals surface area contributed by atoms with Crippen molar-refractivity contribution >= 4 is 34.2 Å². The van der Waals surface area contributed by atoms with E-state index in [-0.39, 0.29) is 54.4 Å². The Labute approximate surface area is 166 Å². The van der Waals surface area contributed by atoms with Crippen molar-refractivity contribution in [2.24, 2.45) is 23.7 Å². The van der Waals surface area contributed by atoms with Crippen LogP contribution in [0.15, 0.2) is 47.9 Å². The largest absolute Gasteiger partial charge is 0.302 e. The average molecular weight is 393 g/mol. The van der Waals surface area contributed by atoms with E-state index in [1.165, 1.54) is 16.2 Å². The summed E-state index contributed by atoms with van der Waals surface area (Å²) in [5, 5.41) is 5.18. The predicted octanol–water partition coefficient (Wildman–Crippen LogP) is 2.95. The normalized spacial score (nSPS) is 27.5. The highest BCUT2D eigenvalue weighted by Crippen LogP contribution is 2.52. The number of fused-ring (bicyclic) bond motifs is 5. The zero-order valence-corrected chi connectivity index (χ0v) is 15.9. The number of imide groups is 1. The third kappa shape index (κ3) is 2.77. The van der Waals surface area contributed by atoms with Gasteiger partial charge in [-0.15, -0.1) is 11.3 Å². The molecule has 142 valence electrons. The molecular formula is C21H19N3O3S. The number of nitrogens with one attached hydrogen (secondary N) is 1. The molecule has 1 aromatic heterocycles. The van der Waals surface area contributed by atoms with Crippen LogP contribution >= 0.6 is 11.3 Å². The number of carbonyl (C=O) groups excluding carboxylic acids is 3. The van der Waals surface area contributed by atoms with E-state index < -0.39 is 0 Å². The van der Waals surface area contributed by atoms with Crippen LogP contribution in [0.5, 0.6) is 0 Å². The number of hydrogen-bond donors (Lipinski definition) is 1. The molecule has 3 amide bonds. The molecule has 2 aliphatic carbocycles. The van der Waals surface area contributed by atoms with Crippen molar-refractivity contribution in [3.63, 3.8) is 0 Å². The van der Waals surface area contributed by atoms with Gasteiger partial charge in [-0.25, -0.2) is 4.98 Å². The summed E-state index contributed by atoms with van der Waals surface area (Å²) in [5.74, 6) is -0.502. The van der Waals surface area contributed by atoms with Gasteiger partial charge in [-0.1, -0.05) is 42.5 Å². The van der Waals surface area contributed by atoms with Gasteiger partial charge in [-0.3, -0.25) is 19.3 Å². The first kappa shape index (κ1) is 17.3. The summed E-state index contributed by atoms with van der Waals surface area (Å²) in [5.41, 5.74) is 1.80. The number of aromatic nitrogens is 1. The SMILES string of the molecule is O=C(CCN1C(=O)[C@@H]2[C@@H](C1=O)[C@H]1C=C[C@H]2C1)Nc1nc(-c2ccccc2)cs1. The highest BCUT2D eigenvalue weighted by atomic mass is 32.1. The average Bonchev–Trinajstić information content (AvgIpc) is 3.47. The summed E-state index contributed by atoms with van der Waals surface area (Å²) >= 11 is 1.36. The van der Waals surface area contributed by atoms with Crippen molar-refractivity contribution in [1.29, 1.82) is 0 Å². The van der Waals surface area contributed by atoms with Crippen LogP contribution in [-0.4, -0.2) is 34.2 Å². The van der Waals surface area contributed by atoms with Crippen LogP contribution in [-0.2, 0) is 14.4 Å². The van der Waals surface area contributed by atoms with E-state index in [1.807, 2.05) is 35.7 Å². The number of rotatable bonds is 5. The smallest absolute Gasteiger partial charge is 0.233 e. The van der Waals surface area contributed by atoms with Crippen LogP contribution < -0.4 is 5.32 Å². The van der Waals surface area contributed by atoms with Gasteiger partial charge >= 0.3 is 0 Å². The van der Waals surface area contributed by atoms with Crippen LogP contribution in [0.4, 0.5) is 5.13 Å². The minimum absolute atomic E-state index is 0.0833. The van der Waals surface area contributed by atoms with Crippen molar-refractivity contribution in [3.8, 4) is 11.3 Å². The fourth-order valence-electron chi connectivity index (χ4n) is 4.65. The Bertz CT molecular complexity index is 954. The zero-order chi connectivity index (χ0) is 19.3. The number of carbonyl (C=O) groups is 3. The van der Waals surface area contributed by atoms with E-state index in [9.17, 15) is 14.4 Å². The molecule has 2 heterocycles. The number of thiazole rings is 1. The van der Waals surface area contributed by atoms with Gasteiger partial charge in [-0.2, -0.15) is 0 Å². The lowest BCUT2D eigenvalue weighted by molar-refractivity contribution is -0.140. The van der Waals surface area contributed by atoms with Gasteiger partial charge in [0, 0.05) is 23.9 Å². The number of likely N-dealkylation sites (tertiary alicyclic amines) is 1. The van der Waals surface area contributed by atoms with E-state index in [2.05, 4.69) is 22.5 Å². The molecule has 28 heavy (non-hydrogen) atoms. The lowest BCUT2D eigenvalue weighted by Gasteiger charge is -2.16. The second-order valence-corrected chi connectivity index (χ2v) is 8.39. The summed E-state index contributed by atoms with van der Waals surface area (Å²) in [6, 6.07) is 9.74. The van der Waals surface area contributed by atoms with Crippen LogP contribution in [0, 0.1) is 23.7 Å². The minimum Gasteiger partial charge on any atom is -0.302 e. The lowest BCUT2D eigenvalue weighted by atomic mass is 9.85. The summed E-state index contributed by atoms with van der Waals surface area (Å²) in [4.78, 5) is 43.3. The van der Waals surface area contributed by atoms with E-state index in [0.717, 1.165) is 17.7 Å². The van der Waals surface area contributed by atoms with Crippen molar-refractivity contribution in [2.45, 2.75) is 12.8 Å². The first-order valence-electron chi connectivity index (χ1n) is 9.46. The fourth-order valence-corrected chi connectivity index (χ4v) is 5.39. The van der Waals surface area contributed by atoms with Gasteiger partial charge in [0.1, 0.15) is 0 Å². The molecule has 1 aliphatic heterocycles. The maximum Gasteiger partial charge on any atom is 0.233 e. The van der Waals surface area contributed by atoms with Gasteiger partial charge in [-0.05, 0) is 18.3 Å². The molecule has 3 aliphatic rings. The number of anilines is 1.